The summed E-state index contributed by atoms with van der Waals surface area (Å²) in [4.78, 5) is 25.1. The largest absolute Gasteiger partial charge is 0.342 e. The van der Waals surface area contributed by atoms with Gasteiger partial charge in [-0.2, -0.15) is 0 Å². The highest BCUT2D eigenvalue weighted by Crippen LogP contribution is 2.32. The average molecular weight is 209 g/mol. The fourth-order valence-corrected chi connectivity index (χ4v) is 2.52. The van der Waals surface area contributed by atoms with E-state index in [1.54, 1.807) is 6.92 Å². The van der Waals surface area contributed by atoms with Crippen molar-refractivity contribution in [2.75, 3.05) is 13.1 Å². The third kappa shape index (κ3) is 2.21. The predicted octanol–water partition coefficient (Wildman–Crippen LogP) is 1.61. The van der Waals surface area contributed by atoms with Crippen molar-refractivity contribution in [3.8, 4) is 0 Å². The van der Waals surface area contributed by atoms with Crippen LogP contribution >= 0.6 is 0 Å². The molecule has 0 spiro atoms. The van der Waals surface area contributed by atoms with Crippen LogP contribution in [0, 0.1) is 11.8 Å². The molecule has 0 aromatic rings. The SMILES string of the molecule is CC(=O)N1CCCC(C(=O)C2CCC2)C1. The van der Waals surface area contributed by atoms with E-state index < -0.39 is 0 Å². The van der Waals surface area contributed by atoms with Gasteiger partial charge < -0.3 is 4.90 Å². The van der Waals surface area contributed by atoms with E-state index in [1.807, 2.05) is 4.90 Å². The van der Waals surface area contributed by atoms with Crippen LogP contribution in [0.25, 0.3) is 0 Å². The van der Waals surface area contributed by atoms with E-state index in [1.165, 1.54) is 6.42 Å². The summed E-state index contributed by atoms with van der Waals surface area (Å²) in [7, 11) is 0. The molecule has 2 rings (SSSR count). The molecule has 0 radical (unpaired) electrons. The minimum atomic E-state index is 0.112. The number of carbonyl (C=O) groups excluding carboxylic acids is 2. The van der Waals surface area contributed by atoms with Crippen LogP contribution < -0.4 is 0 Å². The van der Waals surface area contributed by atoms with Crippen LogP contribution in [0.4, 0.5) is 0 Å². The number of nitrogens with zero attached hydrogens (tertiary/aromatic N) is 1. The minimum Gasteiger partial charge on any atom is -0.342 e. The van der Waals surface area contributed by atoms with Crippen LogP contribution in [0.15, 0.2) is 0 Å². The number of hydrogen-bond acceptors (Lipinski definition) is 2. The van der Waals surface area contributed by atoms with Gasteiger partial charge in [-0.05, 0) is 25.7 Å². The van der Waals surface area contributed by atoms with Crippen LogP contribution in [-0.4, -0.2) is 29.7 Å². The van der Waals surface area contributed by atoms with E-state index in [0.717, 1.165) is 32.2 Å². The molecule has 1 aliphatic carbocycles. The van der Waals surface area contributed by atoms with E-state index in [9.17, 15) is 9.59 Å². The molecule has 1 saturated carbocycles. The molecule has 1 unspecified atom stereocenters. The van der Waals surface area contributed by atoms with Crippen molar-refractivity contribution in [2.24, 2.45) is 11.8 Å². The molecule has 2 fully saturated rings. The van der Waals surface area contributed by atoms with E-state index in [4.69, 9.17) is 0 Å². The maximum Gasteiger partial charge on any atom is 0.219 e. The molecule has 0 N–H and O–H groups in total. The Hall–Kier alpha value is -0.860. The molecule has 3 heteroatoms. The molecule has 1 aliphatic heterocycles. The molecule has 1 amide bonds. The summed E-state index contributed by atoms with van der Waals surface area (Å²) in [5, 5.41) is 0. The minimum absolute atomic E-state index is 0.112. The van der Waals surface area contributed by atoms with Crippen molar-refractivity contribution >= 4 is 11.7 Å². The molecule has 0 bridgehead atoms. The Morgan fingerprint density at radius 3 is 2.27 bits per heavy atom. The van der Waals surface area contributed by atoms with E-state index in [0.29, 0.717) is 18.2 Å². The van der Waals surface area contributed by atoms with Gasteiger partial charge in [-0.3, -0.25) is 9.59 Å². The maximum absolute atomic E-state index is 12.0. The quantitative estimate of drug-likeness (QED) is 0.693. The van der Waals surface area contributed by atoms with Gasteiger partial charge in [0.2, 0.25) is 5.91 Å². The zero-order chi connectivity index (χ0) is 10.8. The summed E-state index contributed by atoms with van der Waals surface area (Å²) in [6.07, 6.45) is 5.34. The Kier molecular flexibility index (Phi) is 3.08. The number of ketones is 1. The highest BCUT2D eigenvalue weighted by Gasteiger charge is 2.34. The second-order valence-electron chi connectivity index (χ2n) is 4.83. The predicted molar refractivity (Wildman–Crippen MR) is 57.3 cm³/mol. The Morgan fingerprint density at radius 2 is 1.73 bits per heavy atom. The van der Waals surface area contributed by atoms with Gasteiger partial charge >= 0.3 is 0 Å². The molecule has 1 saturated heterocycles. The average Bonchev–Trinajstić information content (AvgIpc) is 2.15. The number of likely N-dealkylation sites (tertiary alicyclic amines) is 1. The van der Waals surface area contributed by atoms with Gasteiger partial charge in [-0.1, -0.05) is 6.42 Å². The Labute approximate surface area is 90.8 Å². The zero-order valence-corrected chi connectivity index (χ0v) is 9.37. The molecule has 3 nitrogen and oxygen atoms in total. The van der Waals surface area contributed by atoms with Crippen molar-refractivity contribution in [2.45, 2.75) is 39.0 Å². The van der Waals surface area contributed by atoms with Crippen LogP contribution in [-0.2, 0) is 9.59 Å². The van der Waals surface area contributed by atoms with Crippen LogP contribution in [0.2, 0.25) is 0 Å². The van der Waals surface area contributed by atoms with Crippen molar-refractivity contribution in [3.05, 3.63) is 0 Å². The van der Waals surface area contributed by atoms with Gasteiger partial charge in [0, 0.05) is 31.8 Å². The first-order chi connectivity index (χ1) is 7.18. The van der Waals surface area contributed by atoms with Gasteiger partial charge in [-0.25, -0.2) is 0 Å². The lowest BCUT2D eigenvalue weighted by Crippen LogP contribution is -2.43. The number of piperidine rings is 1. The van der Waals surface area contributed by atoms with Gasteiger partial charge in [0.05, 0.1) is 0 Å². The Balaban J connectivity index is 1.91. The smallest absolute Gasteiger partial charge is 0.219 e. The molecular weight excluding hydrogens is 190 g/mol. The fraction of sp³-hybridized carbons (Fsp3) is 0.833. The zero-order valence-electron chi connectivity index (χ0n) is 9.37. The van der Waals surface area contributed by atoms with Gasteiger partial charge in [0.15, 0.2) is 0 Å². The number of carbonyl (C=O) groups is 2. The highest BCUT2D eigenvalue weighted by molar-refractivity contribution is 5.85. The lowest BCUT2D eigenvalue weighted by molar-refractivity contribution is -0.135. The molecule has 84 valence electrons. The second-order valence-corrected chi connectivity index (χ2v) is 4.83. The summed E-state index contributed by atoms with van der Waals surface area (Å²) >= 11 is 0. The van der Waals surface area contributed by atoms with Crippen molar-refractivity contribution in [1.82, 2.24) is 4.90 Å². The van der Waals surface area contributed by atoms with Crippen LogP contribution in [0.5, 0.6) is 0 Å². The van der Waals surface area contributed by atoms with Crippen molar-refractivity contribution in [3.63, 3.8) is 0 Å². The van der Waals surface area contributed by atoms with Gasteiger partial charge in [-0.15, -0.1) is 0 Å². The Morgan fingerprint density at radius 1 is 1.07 bits per heavy atom. The molecule has 2 aliphatic rings. The molecule has 15 heavy (non-hydrogen) atoms. The topological polar surface area (TPSA) is 37.4 Å². The highest BCUT2D eigenvalue weighted by atomic mass is 16.2. The normalized spacial score (nSPS) is 27.3. The Bertz CT molecular complexity index is 271. The molecule has 1 heterocycles. The molecule has 0 aromatic heterocycles. The monoisotopic (exact) mass is 209 g/mol. The lowest BCUT2D eigenvalue weighted by Gasteiger charge is -2.35. The first-order valence-corrected chi connectivity index (χ1v) is 5.97. The summed E-state index contributed by atoms with van der Waals surface area (Å²) in [5.74, 6) is 0.989. The molecule has 0 aromatic carbocycles. The summed E-state index contributed by atoms with van der Waals surface area (Å²) in [6, 6.07) is 0. The van der Waals surface area contributed by atoms with Gasteiger partial charge in [0.1, 0.15) is 5.78 Å². The number of rotatable bonds is 2. The van der Waals surface area contributed by atoms with Gasteiger partial charge in [0.25, 0.3) is 0 Å². The number of hydrogen-bond donors (Lipinski definition) is 0. The maximum atomic E-state index is 12.0. The fourth-order valence-electron chi connectivity index (χ4n) is 2.52. The first kappa shape index (κ1) is 10.7. The second kappa shape index (κ2) is 4.33. The van der Waals surface area contributed by atoms with Crippen molar-refractivity contribution < 1.29 is 9.59 Å². The standard InChI is InChI=1S/C12H19NO2/c1-9(14)13-7-3-6-11(8-13)12(15)10-4-2-5-10/h10-11H,2-8H2,1H3. The van der Waals surface area contributed by atoms with Crippen LogP contribution in [0.1, 0.15) is 39.0 Å². The van der Waals surface area contributed by atoms with E-state index in [2.05, 4.69) is 0 Å². The van der Waals surface area contributed by atoms with Crippen LogP contribution in [0.3, 0.4) is 0 Å². The summed E-state index contributed by atoms with van der Waals surface area (Å²) in [6.45, 7) is 3.10. The summed E-state index contributed by atoms with van der Waals surface area (Å²) in [5.41, 5.74) is 0. The number of amides is 1. The molecular formula is C12H19NO2. The summed E-state index contributed by atoms with van der Waals surface area (Å²) < 4.78 is 0. The third-order valence-electron chi connectivity index (χ3n) is 3.78. The first-order valence-electron chi connectivity index (χ1n) is 5.97. The van der Waals surface area contributed by atoms with Crippen molar-refractivity contribution in [1.29, 1.82) is 0 Å². The molecule has 1 atom stereocenters. The van der Waals surface area contributed by atoms with E-state index >= 15 is 0 Å². The number of Topliss-reactive ketones (excluding diaryl/α,β-unsaturated/α-hetero) is 1. The third-order valence-corrected chi connectivity index (χ3v) is 3.78. The van der Waals surface area contributed by atoms with E-state index in [-0.39, 0.29) is 11.8 Å². The lowest BCUT2D eigenvalue weighted by atomic mass is 9.76.